The minimum absolute atomic E-state index is 0.0712. The van der Waals surface area contributed by atoms with Crippen molar-refractivity contribution in [2.45, 2.75) is 6.42 Å². The van der Waals surface area contributed by atoms with Crippen molar-refractivity contribution in [3.63, 3.8) is 0 Å². The zero-order valence-electron chi connectivity index (χ0n) is 8.62. The van der Waals surface area contributed by atoms with Crippen molar-refractivity contribution in [3.05, 3.63) is 29.8 Å². The molecule has 0 aliphatic heterocycles. The molecule has 0 aromatic heterocycles. The summed E-state index contributed by atoms with van der Waals surface area (Å²) in [4.78, 5) is 11.3. The van der Waals surface area contributed by atoms with E-state index in [1.165, 1.54) is 0 Å². The largest absolute Gasteiger partial charge is 0.497 e. The van der Waals surface area contributed by atoms with Crippen LogP contribution in [0.15, 0.2) is 24.3 Å². The van der Waals surface area contributed by atoms with Crippen LogP contribution in [0, 0.1) is 12.3 Å². The Hall–Kier alpha value is -1.95. The van der Waals surface area contributed by atoms with E-state index < -0.39 is 0 Å². The molecule has 1 N–H and O–H groups in total. The van der Waals surface area contributed by atoms with Gasteiger partial charge in [0.15, 0.2) is 0 Å². The molecule has 0 bridgehead atoms. The SMILES string of the molecule is C#CCNC(=O)Cc1ccc(OC)cc1. The summed E-state index contributed by atoms with van der Waals surface area (Å²) in [5.41, 5.74) is 0.935. The van der Waals surface area contributed by atoms with E-state index in [9.17, 15) is 4.79 Å². The predicted octanol–water partition coefficient (Wildman–Crippen LogP) is 0.987. The lowest BCUT2D eigenvalue weighted by molar-refractivity contribution is -0.120. The van der Waals surface area contributed by atoms with Crippen molar-refractivity contribution in [1.29, 1.82) is 0 Å². The van der Waals surface area contributed by atoms with Gasteiger partial charge in [-0.2, -0.15) is 0 Å². The van der Waals surface area contributed by atoms with E-state index in [-0.39, 0.29) is 12.5 Å². The molecule has 1 rings (SSSR count). The number of benzene rings is 1. The normalized spacial score (nSPS) is 9.07. The Morgan fingerprint density at radius 1 is 1.47 bits per heavy atom. The first-order chi connectivity index (χ1) is 7.26. The van der Waals surface area contributed by atoms with Gasteiger partial charge < -0.3 is 10.1 Å². The van der Waals surface area contributed by atoms with Crippen molar-refractivity contribution < 1.29 is 9.53 Å². The summed E-state index contributed by atoms with van der Waals surface area (Å²) in [7, 11) is 1.61. The van der Waals surface area contributed by atoms with Crippen LogP contribution < -0.4 is 10.1 Å². The monoisotopic (exact) mass is 203 g/mol. The average Bonchev–Trinajstić information content (AvgIpc) is 2.27. The van der Waals surface area contributed by atoms with Gasteiger partial charge in [-0.1, -0.05) is 18.1 Å². The van der Waals surface area contributed by atoms with Crippen LogP contribution in [0.1, 0.15) is 5.56 Å². The molecule has 1 aromatic rings. The fourth-order valence-electron chi connectivity index (χ4n) is 1.14. The van der Waals surface area contributed by atoms with E-state index in [4.69, 9.17) is 11.2 Å². The van der Waals surface area contributed by atoms with E-state index in [1.807, 2.05) is 24.3 Å². The fourth-order valence-corrected chi connectivity index (χ4v) is 1.14. The van der Waals surface area contributed by atoms with Gasteiger partial charge in [0.1, 0.15) is 5.75 Å². The predicted molar refractivity (Wildman–Crippen MR) is 58.5 cm³/mol. The van der Waals surface area contributed by atoms with Crippen LogP contribution in [0.5, 0.6) is 5.75 Å². The highest BCUT2D eigenvalue weighted by Crippen LogP contribution is 2.11. The first-order valence-corrected chi connectivity index (χ1v) is 4.59. The number of carbonyl (C=O) groups is 1. The van der Waals surface area contributed by atoms with Crippen LogP contribution in [0.3, 0.4) is 0 Å². The molecule has 0 saturated heterocycles. The number of ether oxygens (including phenoxy) is 1. The van der Waals surface area contributed by atoms with Crippen LogP contribution in [0.4, 0.5) is 0 Å². The van der Waals surface area contributed by atoms with E-state index in [2.05, 4.69) is 11.2 Å². The van der Waals surface area contributed by atoms with Gasteiger partial charge in [-0.05, 0) is 17.7 Å². The maximum absolute atomic E-state index is 11.3. The maximum Gasteiger partial charge on any atom is 0.225 e. The van der Waals surface area contributed by atoms with Gasteiger partial charge in [0.05, 0.1) is 20.1 Å². The highest BCUT2D eigenvalue weighted by molar-refractivity contribution is 5.78. The Kier molecular flexibility index (Phi) is 4.24. The molecule has 15 heavy (non-hydrogen) atoms. The quantitative estimate of drug-likeness (QED) is 0.741. The lowest BCUT2D eigenvalue weighted by Gasteiger charge is -2.03. The number of amides is 1. The number of rotatable bonds is 4. The number of terminal acetylenes is 1. The Bertz CT molecular complexity index is 362. The zero-order chi connectivity index (χ0) is 11.1. The molecule has 78 valence electrons. The summed E-state index contributed by atoms with van der Waals surface area (Å²) in [5.74, 6) is 3.06. The lowest BCUT2D eigenvalue weighted by atomic mass is 10.1. The summed E-state index contributed by atoms with van der Waals surface area (Å²) in [5, 5.41) is 2.60. The third-order valence-electron chi connectivity index (χ3n) is 1.91. The van der Waals surface area contributed by atoms with E-state index in [0.29, 0.717) is 6.42 Å². The average molecular weight is 203 g/mol. The van der Waals surface area contributed by atoms with Crippen molar-refractivity contribution in [2.24, 2.45) is 0 Å². The molecule has 1 amide bonds. The number of methoxy groups -OCH3 is 1. The molecule has 3 nitrogen and oxygen atoms in total. The van der Waals surface area contributed by atoms with Crippen molar-refractivity contribution in [2.75, 3.05) is 13.7 Å². The second kappa shape index (κ2) is 5.71. The van der Waals surface area contributed by atoms with Gasteiger partial charge in [-0.25, -0.2) is 0 Å². The molecule has 0 fully saturated rings. The molecule has 0 radical (unpaired) electrons. The molecule has 1 aromatic carbocycles. The molecule has 0 aliphatic rings. The Morgan fingerprint density at radius 3 is 2.67 bits per heavy atom. The third kappa shape index (κ3) is 3.74. The fraction of sp³-hybridized carbons (Fsp3) is 0.250. The van der Waals surface area contributed by atoms with Gasteiger partial charge in [-0.15, -0.1) is 6.42 Å². The summed E-state index contributed by atoms with van der Waals surface area (Å²) >= 11 is 0. The van der Waals surface area contributed by atoms with Crippen LogP contribution in [-0.2, 0) is 11.2 Å². The second-order valence-corrected chi connectivity index (χ2v) is 3.01. The van der Waals surface area contributed by atoms with Crippen LogP contribution in [0.2, 0.25) is 0 Å². The van der Waals surface area contributed by atoms with Gasteiger partial charge >= 0.3 is 0 Å². The van der Waals surface area contributed by atoms with Crippen LogP contribution in [-0.4, -0.2) is 19.6 Å². The minimum Gasteiger partial charge on any atom is -0.497 e. The Balaban J connectivity index is 2.50. The van der Waals surface area contributed by atoms with Gasteiger partial charge in [0.2, 0.25) is 5.91 Å². The van der Waals surface area contributed by atoms with Crippen LogP contribution >= 0.6 is 0 Å². The number of nitrogens with one attached hydrogen (secondary N) is 1. The summed E-state index contributed by atoms with van der Waals surface area (Å²) in [6.07, 6.45) is 5.37. The zero-order valence-corrected chi connectivity index (χ0v) is 8.62. The second-order valence-electron chi connectivity index (χ2n) is 3.01. The third-order valence-corrected chi connectivity index (χ3v) is 1.91. The Morgan fingerprint density at radius 2 is 2.13 bits per heavy atom. The minimum atomic E-state index is -0.0712. The van der Waals surface area contributed by atoms with Crippen LogP contribution in [0.25, 0.3) is 0 Å². The molecular formula is C12H13NO2. The highest BCUT2D eigenvalue weighted by Gasteiger charge is 2.01. The first-order valence-electron chi connectivity index (χ1n) is 4.59. The topological polar surface area (TPSA) is 38.3 Å². The molecule has 3 heteroatoms. The Labute approximate surface area is 89.4 Å². The van der Waals surface area contributed by atoms with Crippen molar-refractivity contribution >= 4 is 5.91 Å². The first kappa shape index (κ1) is 11.1. The molecule has 0 heterocycles. The van der Waals surface area contributed by atoms with Crippen molar-refractivity contribution in [1.82, 2.24) is 5.32 Å². The van der Waals surface area contributed by atoms with E-state index in [0.717, 1.165) is 11.3 Å². The molecule has 0 saturated carbocycles. The smallest absolute Gasteiger partial charge is 0.225 e. The molecular weight excluding hydrogens is 190 g/mol. The van der Waals surface area contributed by atoms with Gasteiger partial charge in [0, 0.05) is 0 Å². The summed E-state index contributed by atoms with van der Waals surface area (Å²) in [6.45, 7) is 0.273. The van der Waals surface area contributed by atoms with E-state index in [1.54, 1.807) is 7.11 Å². The molecule has 0 aliphatic carbocycles. The molecule has 0 unspecified atom stereocenters. The highest BCUT2D eigenvalue weighted by atomic mass is 16.5. The number of hydrogen-bond donors (Lipinski definition) is 1. The van der Waals surface area contributed by atoms with Crippen molar-refractivity contribution in [3.8, 4) is 18.1 Å². The van der Waals surface area contributed by atoms with Gasteiger partial charge in [-0.3, -0.25) is 4.79 Å². The summed E-state index contributed by atoms with van der Waals surface area (Å²) in [6, 6.07) is 7.36. The maximum atomic E-state index is 11.3. The number of hydrogen-bond acceptors (Lipinski definition) is 2. The lowest BCUT2D eigenvalue weighted by Crippen LogP contribution is -2.25. The summed E-state index contributed by atoms with van der Waals surface area (Å²) < 4.78 is 5.01. The van der Waals surface area contributed by atoms with Gasteiger partial charge in [0.25, 0.3) is 0 Å². The molecule has 0 atom stereocenters. The standard InChI is InChI=1S/C12H13NO2/c1-3-8-13-12(14)9-10-4-6-11(15-2)7-5-10/h1,4-7H,8-9H2,2H3,(H,13,14). The molecule has 0 spiro atoms. The number of carbonyl (C=O) groups excluding carboxylic acids is 1. The van der Waals surface area contributed by atoms with E-state index >= 15 is 0 Å².